The van der Waals surface area contributed by atoms with E-state index >= 15 is 0 Å². The van der Waals surface area contributed by atoms with Crippen LogP contribution in [0.3, 0.4) is 0 Å². The second kappa shape index (κ2) is 5.25. The Kier molecular flexibility index (Phi) is 3.09. The third kappa shape index (κ3) is 2.34. The minimum Gasteiger partial charge on any atom is -0.383 e. The van der Waals surface area contributed by atoms with Crippen molar-refractivity contribution in [2.45, 2.75) is 18.8 Å². The van der Waals surface area contributed by atoms with Crippen molar-refractivity contribution in [1.82, 2.24) is 14.5 Å². The van der Waals surface area contributed by atoms with Gasteiger partial charge in [-0.25, -0.2) is 4.98 Å². The van der Waals surface area contributed by atoms with Crippen LogP contribution in [-0.4, -0.2) is 14.5 Å². The smallest absolute Gasteiger partial charge is 0.142 e. The van der Waals surface area contributed by atoms with Crippen molar-refractivity contribution in [3.8, 4) is 23.0 Å². The van der Waals surface area contributed by atoms with E-state index < -0.39 is 0 Å². The molecule has 0 amide bonds. The Morgan fingerprint density at radius 3 is 2.70 bits per heavy atom. The molecule has 3 heterocycles. The fraction of sp³-hybridized carbons (Fsp3) is 0.167. The topological polar surface area (TPSA) is 80.5 Å². The predicted octanol–water partition coefficient (Wildman–Crippen LogP) is 3.27. The summed E-state index contributed by atoms with van der Waals surface area (Å²) < 4.78 is 2.04. The molecule has 3 aromatic heterocycles. The highest BCUT2D eigenvalue weighted by molar-refractivity contribution is 5.75. The van der Waals surface area contributed by atoms with E-state index in [2.05, 4.69) is 16.0 Å². The summed E-state index contributed by atoms with van der Waals surface area (Å²) in [5, 5.41) is 9.52. The molecule has 3 aromatic rings. The summed E-state index contributed by atoms with van der Waals surface area (Å²) in [7, 11) is 0. The molecule has 0 unspecified atom stereocenters. The van der Waals surface area contributed by atoms with Crippen LogP contribution >= 0.6 is 0 Å². The lowest BCUT2D eigenvalue weighted by Crippen LogP contribution is -2.03. The van der Waals surface area contributed by atoms with Gasteiger partial charge in [0.1, 0.15) is 17.5 Å². The number of pyridine rings is 2. The van der Waals surface area contributed by atoms with E-state index in [-0.39, 0.29) is 0 Å². The van der Waals surface area contributed by atoms with Crippen molar-refractivity contribution >= 4 is 5.82 Å². The number of rotatable bonds is 3. The van der Waals surface area contributed by atoms with Gasteiger partial charge in [0.25, 0.3) is 0 Å². The van der Waals surface area contributed by atoms with Crippen LogP contribution in [0.5, 0.6) is 0 Å². The Morgan fingerprint density at radius 1 is 1.22 bits per heavy atom. The summed E-state index contributed by atoms with van der Waals surface area (Å²) >= 11 is 0. The van der Waals surface area contributed by atoms with Crippen LogP contribution in [-0.2, 0) is 0 Å². The molecule has 2 N–H and O–H groups in total. The minimum atomic E-state index is 0.314. The van der Waals surface area contributed by atoms with Gasteiger partial charge in [0, 0.05) is 41.5 Å². The first-order valence-electron chi connectivity index (χ1n) is 7.56. The number of anilines is 1. The monoisotopic (exact) mass is 301 g/mol. The van der Waals surface area contributed by atoms with E-state index in [0.717, 1.165) is 35.5 Å². The quantitative estimate of drug-likeness (QED) is 0.805. The molecule has 4 rings (SSSR count). The van der Waals surface area contributed by atoms with Crippen LogP contribution < -0.4 is 5.73 Å². The number of nitrogen functional groups attached to an aromatic ring is 1. The van der Waals surface area contributed by atoms with Gasteiger partial charge in [-0.15, -0.1) is 0 Å². The van der Waals surface area contributed by atoms with Crippen LogP contribution in [0, 0.1) is 11.3 Å². The number of nitrogens with zero attached hydrogens (tertiary/aromatic N) is 4. The Bertz CT molecular complexity index is 901. The molecule has 23 heavy (non-hydrogen) atoms. The fourth-order valence-corrected chi connectivity index (χ4v) is 2.82. The van der Waals surface area contributed by atoms with Gasteiger partial charge in [-0.1, -0.05) is 0 Å². The van der Waals surface area contributed by atoms with Gasteiger partial charge in [-0.3, -0.25) is 4.98 Å². The maximum atomic E-state index is 9.52. The lowest BCUT2D eigenvalue weighted by atomic mass is 10.0. The van der Waals surface area contributed by atoms with Gasteiger partial charge >= 0.3 is 0 Å². The largest absolute Gasteiger partial charge is 0.383 e. The summed E-state index contributed by atoms with van der Waals surface area (Å²) in [6.45, 7) is 0. The summed E-state index contributed by atoms with van der Waals surface area (Å²) in [6, 6.07) is 12.0. The molecule has 0 aliphatic heterocycles. The van der Waals surface area contributed by atoms with Crippen molar-refractivity contribution in [3.63, 3.8) is 0 Å². The maximum absolute atomic E-state index is 9.52. The van der Waals surface area contributed by atoms with Gasteiger partial charge in [0.2, 0.25) is 0 Å². The third-order valence-electron chi connectivity index (χ3n) is 4.14. The molecule has 112 valence electrons. The van der Waals surface area contributed by atoms with Gasteiger partial charge < -0.3 is 10.3 Å². The number of nitriles is 1. The first kappa shape index (κ1) is 13.5. The van der Waals surface area contributed by atoms with Crippen LogP contribution in [0.25, 0.3) is 16.9 Å². The van der Waals surface area contributed by atoms with E-state index in [1.165, 1.54) is 0 Å². The van der Waals surface area contributed by atoms with E-state index in [0.29, 0.717) is 17.3 Å². The van der Waals surface area contributed by atoms with Gasteiger partial charge in [-0.2, -0.15) is 5.26 Å². The average Bonchev–Trinajstić information content (AvgIpc) is 3.32. The van der Waals surface area contributed by atoms with Crippen molar-refractivity contribution < 1.29 is 0 Å². The molecular formula is C18H15N5. The average molecular weight is 301 g/mol. The SMILES string of the molecule is N#Cc1c(-c2cccn2-c2ccncc2)cc(C2CC2)nc1N. The molecular weight excluding hydrogens is 286 g/mol. The Balaban J connectivity index is 1.92. The summed E-state index contributed by atoms with van der Waals surface area (Å²) in [6.07, 6.45) is 7.76. The van der Waals surface area contributed by atoms with E-state index in [4.69, 9.17) is 5.73 Å². The first-order valence-corrected chi connectivity index (χ1v) is 7.56. The van der Waals surface area contributed by atoms with E-state index in [1.54, 1.807) is 12.4 Å². The number of aromatic nitrogens is 3. The van der Waals surface area contributed by atoms with E-state index in [9.17, 15) is 5.26 Å². The zero-order chi connectivity index (χ0) is 15.8. The fourth-order valence-electron chi connectivity index (χ4n) is 2.82. The lowest BCUT2D eigenvalue weighted by molar-refractivity contribution is 1.02. The molecule has 0 spiro atoms. The number of nitrogens with two attached hydrogens (primary N) is 1. The molecule has 1 aliphatic rings. The maximum Gasteiger partial charge on any atom is 0.142 e. The molecule has 0 bridgehead atoms. The van der Waals surface area contributed by atoms with Crippen LogP contribution in [0.4, 0.5) is 5.82 Å². The minimum absolute atomic E-state index is 0.314. The second-order valence-corrected chi connectivity index (χ2v) is 5.71. The van der Waals surface area contributed by atoms with Crippen LogP contribution in [0.15, 0.2) is 48.9 Å². The number of hydrogen-bond donors (Lipinski definition) is 1. The molecule has 5 nitrogen and oxygen atoms in total. The summed E-state index contributed by atoms with van der Waals surface area (Å²) in [5.74, 6) is 0.794. The van der Waals surface area contributed by atoms with Crippen molar-refractivity contribution in [2.75, 3.05) is 5.73 Å². The van der Waals surface area contributed by atoms with E-state index in [1.807, 2.05) is 41.1 Å². The van der Waals surface area contributed by atoms with Gasteiger partial charge in [0.05, 0.1) is 5.69 Å². The highest BCUT2D eigenvalue weighted by atomic mass is 15.0. The molecule has 1 fully saturated rings. The van der Waals surface area contributed by atoms with Crippen molar-refractivity contribution in [3.05, 3.63) is 60.2 Å². The first-order chi connectivity index (χ1) is 11.3. The zero-order valence-electron chi connectivity index (χ0n) is 12.5. The molecule has 0 saturated heterocycles. The Morgan fingerprint density at radius 2 is 2.00 bits per heavy atom. The van der Waals surface area contributed by atoms with Crippen LogP contribution in [0.2, 0.25) is 0 Å². The third-order valence-corrected chi connectivity index (χ3v) is 4.14. The summed E-state index contributed by atoms with van der Waals surface area (Å²) in [4.78, 5) is 8.47. The molecule has 0 aromatic carbocycles. The van der Waals surface area contributed by atoms with Gasteiger partial charge in [0.15, 0.2) is 0 Å². The number of hydrogen-bond acceptors (Lipinski definition) is 4. The zero-order valence-corrected chi connectivity index (χ0v) is 12.5. The van der Waals surface area contributed by atoms with Crippen LogP contribution in [0.1, 0.15) is 30.0 Å². The van der Waals surface area contributed by atoms with Crippen molar-refractivity contribution in [2.24, 2.45) is 0 Å². The highest BCUT2D eigenvalue weighted by Crippen LogP contribution is 2.41. The lowest BCUT2D eigenvalue weighted by Gasteiger charge is -2.13. The highest BCUT2D eigenvalue weighted by Gasteiger charge is 2.27. The molecule has 0 atom stereocenters. The second-order valence-electron chi connectivity index (χ2n) is 5.71. The summed E-state index contributed by atoms with van der Waals surface area (Å²) in [5.41, 5.74) is 10.2. The van der Waals surface area contributed by atoms with Gasteiger partial charge in [-0.05, 0) is 43.2 Å². The van der Waals surface area contributed by atoms with Crippen molar-refractivity contribution in [1.29, 1.82) is 5.26 Å². The normalized spacial score (nSPS) is 13.7. The molecule has 0 radical (unpaired) electrons. The molecule has 1 saturated carbocycles. The standard InChI is InChI=1S/C18H15N5/c19-11-15-14(10-16(12-3-4-12)22-18(15)20)17-2-1-9-23(17)13-5-7-21-8-6-13/h1-2,5-10,12H,3-4H2,(H2,20,22). The Labute approximate surface area is 134 Å². The predicted molar refractivity (Wildman–Crippen MR) is 87.9 cm³/mol. The molecule has 1 aliphatic carbocycles. The Hall–Kier alpha value is -3.13. The molecule has 5 heteroatoms.